The Balaban J connectivity index is 1.75. The van der Waals surface area contributed by atoms with Gasteiger partial charge in [0.15, 0.2) is 0 Å². The Labute approximate surface area is 158 Å². The van der Waals surface area contributed by atoms with Crippen LogP contribution in [0, 0.1) is 5.92 Å². The first-order valence-electron chi connectivity index (χ1n) is 9.21. The normalized spacial score (nSPS) is 25.0. The largest absolute Gasteiger partial charge is 0.497 e. The van der Waals surface area contributed by atoms with Gasteiger partial charge in [0.25, 0.3) is 0 Å². The maximum absolute atomic E-state index is 5.57. The average Bonchev–Trinajstić information content (AvgIpc) is 2.67. The van der Waals surface area contributed by atoms with Gasteiger partial charge < -0.3 is 9.47 Å². The number of hydrogen-bond acceptors (Lipinski definition) is 2. The van der Waals surface area contributed by atoms with E-state index in [9.17, 15) is 0 Å². The highest BCUT2D eigenvalue weighted by atomic mass is 79.9. The molecule has 25 heavy (non-hydrogen) atoms. The third-order valence-electron chi connectivity index (χ3n) is 6.13. The van der Waals surface area contributed by atoms with Gasteiger partial charge in [-0.05, 0) is 93.9 Å². The third-order valence-corrected chi connectivity index (χ3v) is 6.75. The van der Waals surface area contributed by atoms with E-state index in [-0.39, 0.29) is 0 Å². The van der Waals surface area contributed by atoms with Gasteiger partial charge in [-0.25, -0.2) is 0 Å². The van der Waals surface area contributed by atoms with E-state index in [0.717, 1.165) is 28.3 Å². The summed E-state index contributed by atoms with van der Waals surface area (Å²) in [5.41, 5.74) is 4.46. The fourth-order valence-electron chi connectivity index (χ4n) is 4.92. The first-order valence-corrected chi connectivity index (χ1v) is 10.0. The maximum Gasteiger partial charge on any atom is 0.133 e. The molecule has 0 N–H and O–H groups in total. The van der Waals surface area contributed by atoms with Crippen LogP contribution >= 0.6 is 15.9 Å². The lowest BCUT2D eigenvalue weighted by molar-refractivity contribution is 0.242. The predicted octanol–water partition coefficient (Wildman–Crippen LogP) is 6.08. The zero-order valence-electron chi connectivity index (χ0n) is 14.9. The summed E-state index contributed by atoms with van der Waals surface area (Å²) in [7, 11) is 3.49. The topological polar surface area (TPSA) is 18.5 Å². The van der Waals surface area contributed by atoms with Crippen molar-refractivity contribution in [3.8, 4) is 11.5 Å². The van der Waals surface area contributed by atoms with Crippen LogP contribution in [0.4, 0.5) is 0 Å². The number of hydrogen-bond donors (Lipinski definition) is 0. The van der Waals surface area contributed by atoms with E-state index in [1.165, 1.54) is 42.4 Å². The molecule has 132 valence electrons. The van der Waals surface area contributed by atoms with Crippen molar-refractivity contribution in [2.45, 2.75) is 43.9 Å². The molecule has 0 aliphatic heterocycles. The molecule has 0 aromatic heterocycles. The lowest BCUT2D eigenvalue weighted by Gasteiger charge is -2.43. The van der Waals surface area contributed by atoms with Crippen LogP contribution in [0.5, 0.6) is 11.5 Å². The fourth-order valence-corrected chi connectivity index (χ4v) is 5.47. The van der Waals surface area contributed by atoms with Crippen LogP contribution < -0.4 is 9.47 Å². The second kappa shape index (κ2) is 7.03. The summed E-state index contributed by atoms with van der Waals surface area (Å²) < 4.78 is 12.0. The molecule has 0 spiro atoms. The Kier molecular flexibility index (Phi) is 4.77. The molecule has 0 heterocycles. The number of rotatable bonds is 3. The minimum absolute atomic E-state index is 0.601. The molecule has 1 fully saturated rings. The van der Waals surface area contributed by atoms with Crippen LogP contribution in [0.1, 0.15) is 54.2 Å². The summed E-state index contributed by atoms with van der Waals surface area (Å²) in [5.74, 6) is 3.90. The van der Waals surface area contributed by atoms with Gasteiger partial charge in [0.2, 0.25) is 0 Å². The smallest absolute Gasteiger partial charge is 0.133 e. The maximum atomic E-state index is 5.57. The minimum Gasteiger partial charge on any atom is -0.497 e. The van der Waals surface area contributed by atoms with Crippen molar-refractivity contribution < 1.29 is 9.47 Å². The monoisotopic (exact) mass is 400 g/mol. The van der Waals surface area contributed by atoms with Gasteiger partial charge >= 0.3 is 0 Å². The molecule has 2 aliphatic rings. The van der Waals surface area contributed by atoms with E-state index < -0.39 is 0 Å². The highest BCUT2D eigenvalue weighted by Crippen LogP contribution is 2.52. The summed E-state index contributed by atoms with van der Waals surface area (Å²) in [6, 6.07) is 13.3. The van der Waals surface area contributed by atoms with E-state index in [1.54, 1.807) is 14.2 Å². The second-order valence-electron chi connectivity index (χ2n) is 7.32. The molecule has 2 aromatic carbocycles. The van der Waals surface area contributed by atoms with E-state index in [2.05, 4.69) is 52.3 Å². The molecular formula is C22H25BrO2. The van der Waals surface area contributed by atoms with Crippen molar-refractivity contribution in [3.63, 3.8) is 0 Å². The average molecular weight is 401 g/mol. The van der Waals surface area contributed by atoms with Crippen LogP contribution in [0.15, 0.2) is 40.9 Å². The third kappa shape index (κ3) is 3.08. The van der Waals surface area contributed by atoms with E-state index >= 15 is 0 Å². The van der Waals surface area contributed by atoms with Gasteiger partial charge in [-0.15, -0.1) is 0 Å². The van der Waals surface area contributed by atoms with Gasteiger partial charge in [-0.3, -0.25) is 0 Å². The van der Waals surface area contributed by atoms with E-state index in [1.807, 2.05) is 0 Å². The van der Waals surface area contributed by atoms with Crippen molar-refractivity contribution in [2.24, 2.45) is 5.92 Å². The zero-order valence-corrected chi connectivity index (χ0v) is 16.5. The SMILES string of the molecule is COc1ccc([C@@H]2Cc3cc(Br)c(OC)cc3[C@@H]3CCCC[C@H]23)cc1. The van der Waals surface area contributed by atoms with Crippen molar-refractivity contribution in [1.82, 2.24) is 0 Å². The molecule has 1 saturated carbocycles. The summed E-state index contributed by atoms with van der Waals surface area (Å²) >= 11 is 3.68. The molecule has 0 radical (unpaired) electrons. The second-order valence-corrected chi connectivity index (χ2v) is 8.18. The number of halogens is 1. The molecule has 3 heteroatoms. The van der Waals surface area contributed by atoms with Crippen LogP contribution in [0.25, 0.3) is 0 Å². The van der Waals surface area contributed by atoms with Crippen molar-refractivity contribution in [3.05, 3.63) is 57.6 Å². The predicted molar refractivity (Wildman–Crippen MR) is 105 cm³/mol. The summed E-state index contributed by atoms with van der Waals surface area (Å²) in [6.45, 7) is 0. The Morgan fingerprint density at radius 3 is 2.40 bits per heavy atom. The Hall–Kier alpha value is -1.48. The summed E-state index contributed by atoms with van der Waals surface area (Å²) in [6.07, 6.45) is 6.45. The van der Waals surface area contributed by atoms with Gasteiger partial charge in [-0.2, -0.15) is 0 Å². The quantitative estimate of drug-likeness (QED) is 0.621. The van der Waals surface area contributed by atoms with Crippen LogP contribution in [-0.4, -0.2) is 14.2 Å². The van der Waals surface area contributed by atoms with Crippen molar-refractivity contribution >= 4 is 15.9 Å². The Morgan fingerprint density at radius 1 is 0.920 bits per heavy atom. The fraction of sp³-hybridized carbons (Fsp3) is 0.455. The molecule has 2 nitrogen and oxygen atoms in total. The van der Waals surface area contributed by atoms with Crippen molar-refractivity contribution in [1.29, 1.82) is 0 Å². The number of ether oxygens (including phenoxy) is 2. The first kappa shape index (κ1) is 17.0. The van der Waals surface area contributed by atoms with Gasteiger partial charge in [0.1, 0.15) is 11.5 Å². The number of benzene rings is 2. The molecule has 3 atom stereocenters. The van der Waals surface area contributed by atoms with Crippen molar-refractivity contribution in [2.75, 3.05) is 14.2 Å². The molecule has 0 amide bonds. The lowest BCUT2D eigenvalue weighted by atomic mass is 9.61. The molecule has 0 bridgehead atoms. The molecule has 2 aliphatic carbocycles. The number of fused-ring (bicyclic) bond motifs is 3. The summed E-state index contributed by atoms with van der Waals surface area (Å²) in [5, 5.41) is 0. The standard InChI is InChI=1S/C22H25BrO2/c1-24-16-9-7-14(8-10-16)19-11-15-12-21(23)22(25-2)13-20(15)18-6-4-3-5-17(18)19/h7-10,12-13,17-19H,3-6,11H2,1-2H3/t17-,18+,19-/m0/s1. The molecule has 0 unspecified atom stereocenters. The minimum atomic E-state index is 0.601. The molecule has 2 aromatic rings. The lowest BCUT2D eigenvalue weighted by Crippen LogP contribution is -2.31. The van der Waals surface area contributed by atoms with Gasteiger partial charge in [-0.1, -0.05) is 25.0 Å². The highest BCUT2D eigenvalue weighted by molar-refractivity contribution is 9.10. The Morgan fingerprint density at radius 2 is 1.68 bits per heavy atom. The first-order chi connectivity index (χ1) is 12.2. The van der Waals surface area contributed by atoms with Gasteiger partial charge in [0.05, 0.1) is 18.7 Å². The van der Waals surface area contributed by atoms with E-state index in [4.69, 9.17) is 9.47 Å². The van der Waals surface area contributed by atoms with Crippen LogP contribution in [0.2, 0.25) is 0 Å². The highest BCUT2D eigenvalue weighted by Gasteiger charge is 2.39. The van der Waals surface area contributed by atoms with Gasteiger partial charge in [0, 0.05) is 0 Å². The van der Waals surface area contributed by atoms with Crippen LogP contribution in [0.3, 0.4) is 0 Å². The zero-order chi connectivity index (χ0) is 17.4. The molecular weight excluding hydrogens is 376 g/mol. The van der Waals surface area contributed by atoms with E-state index in [0.29, 0.717) is 11.8 Å². The Bertz CT molecular complexity index is 753. The van der Waals surface area contributed by atoms with Crippen LogP contribution in [-0.2, 0) is 6.42 Å². The molecule has 0 saturated heterocycles. The molecule has 4 rings (SSSR count). The number of methoxy groups -OCH3 is 2. The summed E-state index contributed by atoms with van der Waals surface area (Å²) in [4.78, 5) is 0.